The average molecular weight is 750 g/mol. The molecule has 2 fully saturated rings. The number of amides is 2. The highest BCUT2D eigenvalue weighted by Crippen LogP contribution is 2.61. The van der Waals surface area contributed by atoms with Gasteiger partial charge in [0.1, 0.15) is 54.8 Å². The van der Waals surface area contributed by atoms with Crippen molar-refractivity contribution in [2.45, 2.75) is 88.1 Å². The fourth-order valence-electron chi connectivity index (χ4n) is 4.59. The number of aliphatic hydroxyl groups is 4. The number of aliphatic carboxylic acids is 1. The molecule has 0 aliphatic carbocycles. The third kappa shape index (κ3) is 10.5. The Labute approximate surface area is 274 Å². The summed E-state index contributed by atoms with van der Waals surface area (Å²) in [6.45, 7) is 1.15. The minimum absolute atomic E-state index is 0.701. The van der Waals surface area contributed by atoms with E-state index in [4.69, 9.17) is 23.8 Å². The number of aromatic nitrogens is 2. The van der Waals surface area contributed by atoms with Crippen LogP contribution in [0.15, 0.2) is 21.9 Å². The zero-order valence-corrected chi connectivity index (χ0v) is 27.5. The van der Waals surface area contributed by atoms with E-state index in [0.29, 0.717) is 4.57 Å². The van der Waals surface area contributed by atoms with Crippen LogP contribution in [-0.2, 0) is 51.1 Å². The number of carbonyl (C=O) groups is 3. The van der Waals surface area contributed by atoms with Crippen molar-refractivity contribution in [1.29, 1.82) is 0 Å². The summed E-state index contributed by atoms with van der Waals surface area (Å²) in [4.78, 5) is 81.3. The summed E-state index contributed by atoms with van der Waals surface area (Å²) < 4.78 is 56.0. The number of carboxylic acids is 1. The Balaban J connectivity index is 1.73. The van der Waals surface area contributed by atoms with Crippen molar-refractivity contribution in [2.75, 3.05) is 13.2 Å². The maximum absolute atomic E-state index is 12.9. The predicted molar refractivity (Wildman–Crippen MR) is 154 cm³/mol. The second kappa shape index (κ2) is 16.4. The molecular weight excluding hydrogens is 714 g/mol. The number of phosphoric acid groups is 2. The summed E-state index contributed by atoms with van der Waals surface area (Å²) in [5, 5.41) is 54.4. The summed E-state index contributed by atoms with van der Waals surface area (Å²) in [5.74, 6) is -3.26. The van der Waals surface area contributed by atoms with Crippen molar-refractivity contribution in [1.82, 2.24) is 20.2 Å². The molecule has 0 radical (unpaired) electrons. The number of nitrogens with one attached hydrogen (secondary N) is 3. The van der Waals surface area contributed by atoms with Gasteiger partial charge in [0.2, 0.25) is 11.8 Å². The molecule has 0 spiro atoms. The molecule has 278 valence electrons. The first kappa shape index (κ1) is 40.5. The third-order valence-electron chi connectivity index (χ3n) is 6.99. The highest BCUT2D eigenvalue weighted by atomic mass is 31.3. The monoisotopic (exact) mass is 750 g/mol. The summed E-state index contributed by atoms with van der Waals surface area (Å²) in [7, 11) is -11.4. The highest BCUT2D eigenvalue weighted by molar-refractivity contribution is 7.61. The van der Waals surface area contributed by atoms with E-state index < -0.39 is 125 Å². The first-order valence-corrected chi connectivity index (χ1v) is 17.1. The van der Waals surface area contributed by atoms with Gasteiger partial charge in [0.25, 0.3) is 5.56 Å². The highest BCUT2D eigenvalue weighted by Gasteiger charge is 2.52. The lowest BCUT2D eigenvalue weighted by Crippen LogP contribution is -2.66. The fraction of sp³-hybridized carbons (Fsp3) is 0.696. The molecule has 0 saturated carbocycles. The van der Waals surface area contributed by atoms with E-state index in [-0.39, 0.29) is 0 Å². The van der Waals surface area contributed by atoms with Crippen LogP contribution in [-0.4, -0.2) is 137 Å². The van der Waals surface area contributed by atoms with Gasteiger partial charge in [-0.3, -0.25) is 37.8 Å². The Hall–Kier alpha value is -2.93. The molecule has 10 N–H and O–H groups in total. The van der Waals surface area contributed by atoms with E-state index in [0.717, 1.165) is 33.0 Å². The number of carbonyl (C=O) groups excluding carboxylic acids is 2. The molecule has 49 heavy (non-hydrogen) atoms. The maximum atomic E-state index is 12.9. The Morgan fingerprint density at radius 1 is 1.04 bits per heavy atom. The van der Waals surface area contributed by atoms with E-state index in [1.54, 1.807) is 0 Å². The number of carboxylic acid groups (broad SMARTS) is 1. The molecule has 0 aromatic carbocycles. The van der Waals surface area contributed by atoms with Crippen molar-refractivity contribution in [3.63, 3.8) is 0 Å². The molecule has 13 atom stereocenters. The third-order valence-corrected chi connectivity index (χ3v) is 9.59. The maximum Gasteiger partial charge on any atom is 0.483 e. The molecule has 2 amide bonds. The zero-order chi connectivity index (χ0) is 37.0. The van der Waals surface area contributed by atoms with Crippen LogP contribution in [0.25, 0.3) is 0 Å². The molecule has 0 bridgehead atoms. The van der Waals surface area contributed by atoms with Crippen LogP contribution in [0.2, 0.25) is 0 Å². The number of hydrogen-bond donors (Lipinski definition) is 10. The van der Waals surface area contributed by atoms with Gasteiger partial charge in [0.05, 0.1) is 13.2 Å². The summed E-state index contributed by atoms with van der Waals surface area (Å²) in [6.07, 6.45) is -15.0. The molecule has 2 aliphatic heterocycles. The summed E-state index contributed by atoms with van der Waals surface area (Å²) in [6, 6.07) is -2.25. The summed E-state index contributed by atoms with van der Waals surface area (Å²) >= 11 is 0. The molecule has 3 heterocycles. The molecule has 26 heteroatoms. The Kier molecular flexibility index (Phi) is 13.6. The quantitative estimate of drug-likeness (QED) is 0.0753. The normalized spacial score (nSPS) is 32.3. The van der Waals surface area contributed by atoms with Gasteiger partial charge in [-0.25, -0.2) is 13.9 Å². The molecular formula is C23H36N4O20P2. The van der Waals surface area contributed by atoms with Gasteiger partial charge in [-0.1, -0.05) is 0 Å². The fourth-order valence-corrected chi connectivity index (χ4v) is 6.76. The van der Waals surface area contributed by atoms with E-state index >= 15 is 0 Å². The number of ether oxygens (including phenoxy) is 3. The van der Waals surface area contributed by atoms with Gasteiger partial charge in [-0.05, 0) is 13.8 Å². The Bertz CT molecular complexity index is 1570. The lowest BCUT2D eigenvalue weighted by Gasteiger charge is -2.44. The van der Waals surface area contributed by atoms with Gasteiger partial charge in [-0.2, -0.15) is 4.31 Å². The van der Waals surface area contributed by atoms with E-state index in [1.165, 1.54) is 0 Å². The van der Waals surface area contributed by atoms with Crippen LogP contribution in [0.3, 0.4) is 0 Å². The van der Waals surface area contributed by atoms with Gasteiger partial charge < -0.3 is 60.2 Å². The van der Waals surface area contributed by atoms with Gasteiger partial charge in [-0.15, -0.1) is 0 Å². The molecule has 1 aromatic heterocycles. The standard InChI is InChI=1S/C23H36N4O20P2/c1-8(21(35)36)24-19(34)9(2)43-18-14(25-10(3)29)22(45-11(6-28)16(18)32)46-49(40,41)47-48(38,39)42-7-12-15(31)17(33)20(44-12)27-5-4-13(30)26-23(27)37/h4-5,8-9,11-12,14-18,20,22,28,31-33H,6-7H2,1-3H3,(H,24,34)(H,25,29)(H,35,36)(H,38,39)(H,40,41)(H,26,30,37)/t8-,9-,11+,12+,14+,15+,16+,17-,18+,20-,22-/m1/s1. The van der Waals surface area contributed by atoms with Crippen molar-refractivity contribution >= 4 is 33.4 Å². The lowest BCUT2D eigenvalue weighted by molar-refractivity contribution is -0.261. The minimum Gasteiger partial charge on any atom is -0.480 e. The largest absolute Gasteiger partial charge is 0.483 e. The number of aromatic amines is 1. The molecule has 2 saturated heterocycles. The molecule has 2 unspecified atom stereocenters. The van der Waals surface area contributed by atoms with Crippen LogP contribution in [0.4, 0.5) is 0 Å². The topological polar surface area (TPSA) is 361 Å². The van der Waals surface area contributed by atoms with Gasteiger partial charge in [0.15, 0.2) is 12.5 Å². The van der Waals surface area contributed by atoms with Crippen molar-refractivity contribution in [3.8, 4) is 0 Å². The summed E-state index contributed by atoms with van der Waals surface area (Å²) in [5.41, 5.74) is -1.81. The Morgan fingerprint density at radius 3 is 2.27 bits per heavy atom. The van der Waals surface area contributed by atoms with Gasteiger partial charge in [0, 0.05) is 19.2 Å². The van der Waals surface area contributed by atoms with Crippen molar-refractivity contribution < 1.29 is 86.4 Å². The minimum atomic E-state index is -5.80. The van der Waals surface area contributed by atoms with Crippen LogP contribution in [0.1, 0.15) is 27.0 Å². The number of H-pyrrole nitrogens is 1. The second-order valence-electron chi connectivity index (χ2n) is 10.7. The lowest BCUT2D eigenvalue weighted by atomic mass is 9.96. The molecule has 1 aromatic rings. The average Bonchev–Trinajstić information content (AvgIpc) is 3.26. The number of rotatable bonds is 15. The molecule has 2 aliphatic rings. The molecule has 3 rings (SSSR count). The van der Waals surface area contributed by atoms with E-state index in [1.807, 2.05) is 4.98 Å². The van der Waals surface area contributed by atoms with Crippen LogP contribution in [0, 0.1) is 0 Å². The number of hydrogen-bond acceptors (Lipinski definition) is 17. The van der Waals surface area contributed by atoms with E-state index in [2.05, 4.69) is 19.5 Å². The number of nitrogens with zero attached hydrogens (tertiary/aromatic N) is 1. The van der Waals surface area contributed by atoms with Crippen LogP contribution < -0.4 is 21.9 Å². The Morgan fingerprint density at radius 2 is 1.69 bits per heavy atom. The van der Waals surface area contributed by atoms with Crippen molar-refractivity contribution in [2.24, 2.45) is 0 Å². The first-order chi connectivity index (χ1) is 22.7. The molecule has 24 nitrogen and oxygen atoms in total. The SMILES string of the molecule is CC(=O)N[C@@H]1[C@@H](OP(=O)(O)OP(=O)(O)OC[C@@H]2O[C@@H](n3ccc(=O)[nH]c3=O)[C@H](O)[C@H]2O)O[C@@H](CO)[C@H](O)[C@H]1O[C@H](C)C(=O)N[C@H](C)C(=O)O. The first-order valence-electron chi connectivity index (χ1n) is 14.1. The van der Waals surface area contributed by atoms with E-state index in [9.17, 15) is 63.3 Å². The second-order valence-corrected chi connectivity index (χ2v) is 13.7. The number of phosphoric ester groups is 2. The zero-order valence-electron chi connectivity index (χ0n) is 25.7. The van der Waals surface area contributed by atoms with Crippen LogP contribution >= 0.6 is 15.6 Å². The van der Waals surface area contributed by atoms with Gasteiger partial charge >= 0.3 is 27.3 Å². The van der Waals surface area contributed by atoms with Crippen molar-refractivity contribution in [3.05, 3.63) is 33.1 Å². The predicted octanol–water partition coefficient (Wildman–Crippen LogP) is -4.65. The number of aliphatic hydroxyl groups excluding tert-OH is 4. The smallest absolute Gasteiger partial charge is 0.480 e. The van der Waals surface area contributed by atoms with Crippen LogP contribution in [0.5, 0.6) is 0 Å².